The van der Waals surface area contributed by atoms with Gasteiger partial charge in [0.1, 0.15) is 11.9 Å². The van der Waals surface area contributed by atoms with Crippen molar-refractivity contribution in [1.82, 2.24) is 5.32 Å². The van der Waals surface area contributed by atoms with E-state index in [0.717, 1.165) is 0 Å². The van der Waals surface area contributed by atoms with Gasteiger partial charge in [0.2, 0.25) is 0 Å². The molecule has 6 heteroatoms. The molecule has 0 aliphatic carbocycles. The maximum atomic E-state index is 13.9. The van der Waals surface area contributed by atoms with Crippen LogP contribution in [-0.2, 0) is 9.53 Å². The van der Waals surface area contributed by atoms with Crippen LogP contribution in [0.15, 0.2) is 18.2 Å². The summed E-state index contributed by atoms with van der Waals surface area (Å²) >= 11 is 1.22. The van der Waals surface area contributed by atoms with Crippen LogP contribution < -0.4 is 5.32 Å². The first-order chi connectivity index (χ1) is 10.8. The number of hydrogen-bond donors (Lipinski definition) is 1. The molecule has 0 spiro atoms. The van der Waals surface area contributed by atoms with E-state index in [0.29, 0.717) is 26.9 Å². The van der Waals surface area contributed by atoms with E-state index in [1.165, 1.54) is 24.5 Å². The summed E-state index contributed by atoms with van der Waals surface area (Å²) in [4.78, 5) is 24.8. The predicted octanol–water partition coefficient (Wildman–Crippen LogP) is 3.67. The van der Waals surface area contributed by atoms with Crippen LogP contribution in [0.25, 0.3) is 10.1 Å². The average molecular weight is 337 g/mol. The van der Waals surface area contributed by atoms with Crippen LogP contribution in [0.1, 0.15) is 35.5 Å². The van der Waals surface area contributed by atoms with Gasteiger partial charge in [-0.2, -0.15) is 0 Å². The van der Waals surface area contributed by atoms with Crippen molar-refractivity contribution in [2.24, 2.45) is 5.92 Å². The second kappa shape index (κ2) is 7.08. The van der Waals surface area contributed by atoms with E-state index in [1.54, 1.807) is 19.1 Å². The van der Waals surface area contributed by atoms with E-state index in [1.807, 2.05) is 13.8 Å². The van der Waals surface area contributed by atoms with Gasteiger partial charge in [-0.3, -0.25) is 4.79 Å². The van der Waals surface area contributed by atoms with Gasteiger partial charge in [0, 0.05) is 10.1 Å². The Morgan fingerprint density at radius 3 is 2.61 bits per heavy atom. The van der Waals surface area contributed by atoms with Crippen molar-refractivity contribution in [2.45, 2.75) is 33.2 Å². The lowest BCUT2D eigenvalue weighted by molar-refractivity contribution is -0.143. The molecule has 0 unspecified atom stereocenters. The molecule has 1 N–H and O–H groups in total. The molecule has 1 aromatic carbocycles. The second-order valence-electron chi connectivity index (χ2n) is 5.85. The van der Waals surface area contributed by atoms with Crippen LogP contribution >= 0.6 is 11.3 Å². The van der Waals surface area contributed by atoms with Gasteiger partial charge >= 0.3 is 5.97 Å². The lowest BCUT2D eigenvalue weighted by Gasteiger charge is -2.18. The summed E-state index contributed by atoms with van der Waals surface area (Å²) in [6.45, 7) is 5.64. The molecule has 0 aliphatic rings. The number of carbonyl (C=O) groups excluding carboxylic acids is 2. The number of benzene rings is 1. The zero-order chi connectivity index (χ0) is 17.1. The van der Waals surface area contributed by atoms with Gasteiger partial charge in [-0.1, -0.05) is 19.9 Å². The third-order valence-corrected chi connectivity index (χ3v) is 4.86. The molecule has 1 aromatic heterocycles. The first-order valence-corrected chi connectivity index (χ1v) is 8.23. The van der Waals surface area contributed by atoms with Crippen LogP contribution in [0.3, 0.4) is 0 Å². The van der Waals surface area contributed by atoms with Crippen LogP contribution in [-0.4, -0.2) is 25.0 Å². The number of amides is 1. The quantitative estimate of drug-likeness (QED) is 0.847. The Hall–Kier alpha value is -1.95. The third kappa shape index (κ3) is 3.69. The highest BCUT2D eigenvalue weighted by molar-refractivity contribution is 7.21. The van der Waals surface area contributed by atoms with Gasteiger partial charge in [-0.25, -0.2) is 9.18 Å². The van der Waals surface area contributed by atoms with Crippen molar-refractivity contribution in [1.29, 1.82) is 0 Å². The van der Waals surface area contributed by atoms with Crippen molar-refractivity contribution >= 4 is 33.3 Å². The molecule has 4 nitrogen and oxygen atoms in total. The van der Waals surface area contributed by atoms with Crippen molar-refractivity contribution in [3.05, 3.63) is 34.5 Å². The molecule has 124 valence electrons. The van der Waals surface area contributed by atoms with Gasteiger partial charge in [0.25, 0.3) is 5.91 Å². The number of aryl methyl sites for hydroxylation is 1. The Morgan fingerprint density at radius 1 is 1.35 bits per heavy atom. The minimum Gasteiger partial charge on any atom is -0.467 e. The molecule has 1 amide bonds. The van der Waals surface area contributed by atoms with Crippen molar-refractivity contribution in [2.75, 3.05) is 7.11 Å². The Labute approximate surface area is 138 Å². The monoisotopic (exact) mass is 337 g/mol. The van der Waals surface area contributed by atoms with E-state index in [-0.39, 0.29) is 17.6 Å². The highest BCUT2D eigenvalue weighted by Gasteiger charge is 2.25. The van der Waals surface area contributed by atoms with E-state index in [4.69, 9.17) is 4.74 Å². The van der Waals surface area contributed by atoms with Crippen LogP contribution in [0.5, 0.6) is 0 Å². The summed E-state index contributed by atoms with van der Waals surface area (Å²) in [7, 11) is 1.29. The predicted molar refractivity (Wildman–Crippen MR) is 89.2 cm³/mol. The van der Waals surface area contributed by atoms with Crippen molar-refractivity contribution in [3.8, 4) is 0 Å². The van der Waals surface area contributed by atoms with Gasteiger partial charge < -0.3 is 10.1 Å². The minimum atomic E-state index is -0.707. The summed E-state index contributed by atoms with van der Waals surface area (Å²) in [5.41, 5.74) is 0.591. The number of esters is 1. The van der Waals surface area contributed by atoms with Gasteiger partial charge in [0.15, 0.2) is 0 Å². The Kier molecular flexibility index (Phi) is 5.36. The molecule has 1 atom stereocenters. The fourth-order valence-corrected chi connectivity index (χ4v) is 3.65. The molecule has 23 heavy (non-hydrogen) atoms. The smallest absolute Gasteiger partial charge is 0.328 e. The number of fused-ring (bicyclic) bond motifs is 1. The molecule has 0 saturated heterocycles. The highest BCUT2D eigenvalue weighted by atomic mass is 32.1. The maximum Gasteiger partial charge on any atom is 0.328 e. The highest BCUT2D eigenvalue weighted by Crippen LogP contribution is 2.32. The molecule has 0 bridgehead atoms. The number of hydrogen-bond acceptors (Lipinski definition) is 4. The summed E-state index contributed by atoms with van der Waals surface area (Å²) < 4.78 is 19.4. The Balaban J connectivity index is 2.31. The molecule has 0 aliphatic heterocycles. The summed E-state index contributed by atoms with van der Waals surface area (Å²) in [5.74, 6) is -0.974. The van der Waals surface area contributed by atoms with E-state index < -0.39 is 12.0 Å². The Bertz CT molecular complexity index is 739. The fourth-order valence-electron chi connectivity index (χ4n) is 2.52. The largest absolute Gasteiger partial charge is 0.467 e. The van der Waals surface area contributed by atoms with Crippen LogP contribution in [0.4, 0.5) is 4.39 Å². The molecule has 0 fully saturated rings. The first-order valence-electron chi connectivity index (χ1n) is 7.41. The second-order valence-corrected chi connectivity index (χ2v) is 6.90. The van der Waals surface area contributed by atoms with Gasteiger partial charge in [0.05, 0.1) is 12.0 Å². The van der Waals surface area contributed by atoms with E-state index in [9.17, 15) is 14.0 Å². The number of ether oxygens (including phenoxy) is 1. The van der Waals surface area contributed by atoms with Gasteiger partial charge in [-0.05, 0) is 37.0 Å². The van der Waals surface area contributed by atoms with E-state index >= 15 is 0 Å². The molecule has 0 saturated carbocycles. The molecule has 2 aromatic rings. The SMILES string of the molecule is COC(=O)[C@H](CC(C)C)NC(=O)c1sc2cccc(F)c2c1C. The number of rotatable bonds is 5. The van der Waals surface area contributed by atoms with Crippen LogP contribution in [0, 0.1) is 18.7 Å². The number of thiophene rings is 1. The number of halogens is 1. The zero-order valence-corrected chi connectivity index (χ0v) is 14.4. The zero-order valence-electron chi connectivity index (χ0n) is 13.6. The molecule has 2 rings (SSSR count). The summed E-state index contributed by atoms with van der Waals surface area (Å²) in [6, 6.07) is 4.06. The number of carbonyl (C=O) groups is 2. The topological polar surface area (TPSA) is 55.4 Å². The maximum absolute atomic E-state index is 13.9. The minimum absolute atomic E-state index is 0.223. The fraction of sp³-hybridized carbons (Fsp3) is 0.412. The molecular weight excluding hydrogens is 317 g/mol. The van der Waals surface area contributed by atoms with Crippen molar-refractivity contribution < 1.29 is 18.7 Å². The molecular formula is C17H20FNO3S. The summed E-state index contributed by atoms with van der Waals surface area (Å²) in [6.07, 6.45) is 0.483. The van der Waals surface area contributed by atoms with Gasteiger partial charge in [-0.15, -0.1) is 11.3 Å². The number of nitrogens with one attached hydrogen (secondary N) is 1. The van der Waals surface area contributed by atoms with E-state index in [2.05, 4.69) is 5.32 Å². The lowest BCUT2D eigenvalue weighted by atomic mass is 10.0. The Morgan fingerprint density at radius 2 is 2.04 bits per heavy atom. The number of methoxy groups -OCH3 is 1. The van der Waals surface area contributed by atoms with Crippen molar-refractivity contribution in [3.63, 3.8) is 0 Å². The molecule has 0 radical (unpaired) electrons. The standard InChI is InChI=1S/C17H20FNO3S/c1-9(2)8-12(17(21)22-4)19-16(20)15-10(3)14-11(18)6-5-7-13(14)23-15/h5-7,9,12H,8H2,1-4H3,(H,19,20)/t12-/m0/s1. The molecule has 1 heterocycles. The van der Waals surface area contributed by atoms with Crippen LogP contribution in [0.2, 0.25) is 0 Å². The first kappa shape index (κ1) is 17.4. The average Bonchev–Trinajstić information content (AvgIpc) is 2.83. The lowest BCUT2D eigenvalue weighted by Crippen LogP contribution is -2.42. The third-order valence-electron chi connectivity index (χ3n) is 3.61. The normalized spacial score (nSPS) is 12.4. The summed E-state index contributed by atoms with van der Waals surface area (Å²) in [5, 5.41) is 3.17.